The topological polar surface area (TPSA) is 140 Å². The summed E-state index contributed by atoms with van der Waals surface area (Å²) < 4.78 is 10.7. The van der Waals surface area contributed by atoms with Crippen LogP contribution in [-0.4, -0.2) is 58.3 Å². The Hall–Kier alpha value is -4.03. The van der Waals surface area contributed by atoms with Crippen LogP contribution in [0.5, 0.6) is 0 Å². The average Bonchev–Trinajstić information content (AvgIpc) is 3.59. The number of piperidine rings is 1. The van der Waals surface area contributed by atoms with E-state index in [2.05, 4.69) is 30.5 Å². The van der Waals surface area contributed by atoms with Crippen LogP contribution in [-0.2, 0) is 16.1 Å². The summed E-state index contributed by atoms with van der Waals surface area (Å²) in [5, 5.41) is 5.36. The van der Waals surface area contributed by atoms with E-state index < -0.39 is 11.9 Å². The number of esters is 1. The van der Waals surface area contributed by atoms with E-state index in [1.165, 1.54) is 0 Å². The van der Waals surface area contributed by atoms with Gasteiger partial charge in [-0.25, -0.2) is 14.8 Å². The van der Waals surface area contributed by atoms with Gasteiger partial charge in [0.25, 0.3) is 11.1 Å². The monoisotopic (exact) mass is 548 g/mol. The van der Waals surface area contributed by atoms with Crippen LogP contribution in [0.2, 0.25) is 0 Å². The Morgan fingerprint density at radius 2 is 2.13 bits per heavy atom. The van der Waals surface area contributed by atoms with Gasteiger partial charge in [0.15, 0.2) is 5.76 Å². The van der Waals surface area contributed by atoms with Crippen LogP contribution in [0.4, 0.5) is 10.7 Å². The van der Waals surface area contributed by atoms with E-state index in [0.717, 1.165) is 49.8 Å². The lowest BCUT2D eigenvalue weighted by Crippen LogP contribution is -2.38. The van der Waals surface area contributed by atoms with Gasteiger partial charge in [0.2, 0.25) is 5.95 Å². The number of ether oxygens (including phenoxy) is 1. The summed E-state index contributed by atoms with van der Waals surface area (Å²) >= 11 is 0.870. The van der Waals surface area contributed by atoms with Crippen molar-refractivity contribution in [1.82, 2.24) is 25.6 Å². The van der Waals surface area contributed by atoms with Gasteiger partial charge >= 0.3 is 5.97 Å². The van der Waals surface area contributed by atoms with Crippen LogP contribution in [0.3, 0.4) is 0 Å². The zero-order valence-corrected chi connectivity index (χ0v) is 22.2. The van der Waals surface area contributed by atoms with E-state index in [0.29, 0.717) is 46.0 Å². The molecule has 0 aliphatic carbocycles. The van der Waals surface area contributed by atoms with Crippen LogP contribution in [0.1, 0.15) is 41.4 Å². The molecule has 0 radical (unpaired) electrons. The highest BCUT2D eigenvalue weighted by molar-refractivity contribution is 8.18. The number of carbonyl (C=O) groups excluding carboxylic acids is 3. The Bertz CT molecular complexity index is 1390. The second-order valence-electron chi connectivity index (χ2n) is 9.13. The van der Waals surface area contributed by atoms with E-state index in [4.69, 9.17) is 9.15 Å². The number of nitrogens with one attached hydrogen (secondary N) is 2. The van der Waals surface area contributed by atoms with Crippen molar-refractivity contribution in [3.05, 3.63) is 64.6 Å². The zero-order valence-electron chi connectivity index (χ0n) is 21.4. The number of amides is 2. The van der Waals surface area contributed by atoms with Gasteiger partial charge < -0.3 is 19.4 Å². The van der Waals surface area contributed by atoms with Crippen molar-refractivity contribution >= 4 is 40.9 Å². The van der Waals surface area contributed by atoms with Gasteiger partial charge in [0.05, 0.1) is 29.0 Å². The Balaban J connectivity index is 1.14. The van der Waals surface area contributed by atoms with Gasteiger partial charge in [0.1, 0.15) is 5.69 Å². The standard InChI is InChI=1S/C27H28N6O5S/c1-2-37-25(35)20-12-18(16-30-23(20)21-4-3-11-38-21)15-28-14-17-6-9-33(10-7-17)26-29-8-5-19(31-26)13-22-24(34)32-27(36)39-22/h3-5,8,11-13,16-17,28H,2,6-7,9-10,14-15H2,1H3,(H,32,34,36)/b22-13-. The van der Waals surface area contributed by atoms with Crippen molar-refractivity contribution in [2.45, 2.75) is 26.3 Å². The zero-order chi connectivity index (χ0) is 27.2. The molecule has 2 amide bonds. The molecule has 2 aliphatic heterocycles. The molecule has 2 N–H and O–H groups in total. The number of aromatic nitrogens is 3. The Labute approximate surface area is 229 Å². The molecule has 0 bridgehead atoms. The Kier molecular flexibility index (Phi) is 8.33. The first-order valence-electron chi connectivity index (χ1n) is 12.7. The van der Waals surface area contributed by atoms with Crippen LogP contribution in [0.15, 0.2) is 52.2 Å². The van der Waals surface area contributed by atoms with Crippen LogP contribution in [0, 0.1) is 5.92 Å². The van der Waals surface area contributed by atoms with Gasteiger partial charge in [-0.1, -0.05) is 0 Å². The highest BCUT2D eigenvalue weighted by atomic mass is 32.2. The molecule has 39 heavy (non-hydrogen) atoms. The van der Waals surface area contributed by atoms with E-state index in [1.54, 1.807) is 49.9 Å². The molecule has 5 rings (SSSR count). The molecule has 2 fully saturated rings. The molecule has 5 heterocycles. The molecule has 0 atom stereocenters. The minimum atomic E-state index is -0.424. The molecular formula is C27H28N6O5S. The lowest BCUT2D eigenvalue weighted by Gasteiger charge is -2.32. The van der Waals surface area contributed by atoms with Gasteiger partial charge in [-0.05, 0) is 79.9 Å². The molecule has 12 heteroatoms. The number of carbonyl (C=O) groups is 3. The maximum atomic E-state index is 12.5. The maximum Gasteiger partial charge on any atom is 0.340 e. The predicted octanol–water partition coefficient (Wildman–Crippen LogP) is 3.64. The van der Waals surface area contributed by atoms with Crippen molar-refractivity contribution in [3.63, 3.8) is 0 Å². The number of rotatable bonds is 9. The fourth-order valence-corrected chi connectivity index (χ4v) is 5.15. The Morgan fingerprint density at radius 3 is 2.85 bits per heavy atom. The summed E-state index contributed by atoms with van der Waals surface area (Å²) in [6, 6.07) is 7.05. The smallest absolute Gasteiger partial charge is 0.340 e. The third-order valence-corrected chi connectivity index (χ3v) is 7.25. The van der Waals surface area contributed by atoms with Crippen molar-refractivity contribution in [2.24, 2.45) is 5.92 Å². The van der Waals surface area contributed by atoms with E-state index in [-0.39, 0.29) is 11.8 Å². The first-order chi connectivity index (χ1) is 19.0. The third kappa shape index (κ3) is 6.52. The highest BCUT2D eigenvalue weighted by Gasteiger charge is 2.26. The van der Waals surface area contributed by atoms with E-state index in [9.17, 15) is 14.4 Å². The molecule has 11 nitrogen and oxygen atoms in total. The summed E-state index contributed by atoms with van der Waals surface area (Å²) in [6.07, 6.45) is 8.51. The van der Waals surface area contributed by atoms with Crippen molar-refractivity contribution < 1.29 is 23.5 Å². The van der Waals surface area contributed by atoms with Crippen LogP contribution in [0.25, 0.3) is 17.5 Å². The van der Waals surface area contributed by atoms with Gasteiger partial charge in [-0.3, -0.25) is 19.9 Å². The number of nitrogens with zero attached hydrogens (tertiary/aromatic N) is 4. The average molecular weight is 549 g/mol. The van der Waals surface area contributed by atoms with Gasteiger partial charge in [-0.2, -0.15) is 0 Å². The maximum absolute atomic E-state index is 12.5. The second kappa shape index (κ2) is 12.2. The number of hydrogen-bond acceptors (Lipinski definition) is 11. The first kappa shape index (κ1) is 26.6. The number of pyridine rings is 1. The predicted molar refractivity (Wildman–Crippen MR) is 146 cm³/mol. The van der Waals surface area contributed by atoms with Crippen molar-refractivity contribution in [3.8, 4) is 11.5 Å². The largest absolute Gasteiger partial charge is 0.463 e. The molecule has 0 saturated carbocycles. The van der Waals surface area contributed by atoms with E-state index in [1.807, 2.05) is 6.07 Å². The van der Waals surface area contributed by atoms with Gasteiger partial charge in [-0.15, -0.1) is 0 Å². The normalized spacial score (nSPS) is 17.1. The van der Waals surface area contributed by atoms with Gasteiger partial charge in [0, 0.05) is 32.0 Å². The molecule has 2 saturated heterocycles. The molecule has 202 valence electrons. The molecular weight excluding hydrogens is 520 g/mol. The summed E-state index contributed by atoms with van der Waals surface area (Å²) in [6.45, 7) is 5.08. The fourth-order valence-electron chi connectivity index (χ4n) is 4.49. The summed E-state index contributed by atoms with van der Waals surface area (Å²) in [5.74, 6) is 0.788. The van der Waals surface area contributed by atoms with E-state index >= 15 is 0 Å². The number of thioether (sulfide) groups is 1. The number of imide groups is 1. The van der Waals surface area contributed by atoms with Crippen LogP contribution >= 0.6 is 11.8 Å². The fraction of sp³-hybridized carbons (Fsp3) is 0.333. The molecule has 3 aromatic rings. The number of anilines is 1. The Morgan fingerprint density at radius 1 is 1.28 bits per heavy atom. The molecule has 3 aromatic heterocycles. The molecule has 2 aliphatic rings. The third-order valence-electron chi connectivity index (χ3n) is 6.44. The lowest BCUT2D eigenvalue weighted by atomic mass is 9.97. The first-order valence-corrected chi connectivity index (χ1v) is 13.5. The van der Waals surface area contributed by atoms with Crippen LogP contribution < -0.4 is 15.5 Å². The molecule has 0 spiro atoms. The van der Waals surface area contributed by atoms with Crippen molar-refractivity contribution in [1.29, 1.82) is 0 Å². The molecule has 0 unspecified atom stereocenters. The SMILES string of the molecule is CCOC(=O)c1cc(CNCC2CCN(c3nccc(/C=C4\SC(=O)NC4=O)n3)CC2)cnc1-c1ccco1. The molecule has 0 aromatic carbocycles. The quantitative estimate of drug-likeness (QED) is 0.299. The lowest BCUT2D eigenvalue weighted by molar-refractivity contribution is -0.115. The van der Waals surface area contributed by atoms with Crippen molar-refractivity contribution in [2.75, 3.05) is 31.1 Å². The second-order valence-corrected chi connectivity index (χ2v) is 10.1. The summed E-state index contributed by atoms with van der Waals surface area (Å²) in [5.41, 5.74) is 2.33. The number of furan rings is 1. The summed E-state index contributed by atoms with van der Waals surface area (Å²) in [7, 11) is 0. The minimum absolute atomic E-state index is 0.280. The number of hydrogen-bond donors (Lipinski definition) is 2. The minimum Gasteiger partial charge on any atom is -0.463 e. The highest BCUT2D eigenvalue weighted by Crippen LogP contribution is 2.27. The summed E-state index contributed by atoms with van der Waals surface area (Å²) in [4.78, 5) is 51.7.